The summed E-state index contributed by atoms with van der Waals surface area (Å²) in [7, 11) is -0.380. The van der Waals surface area contributed by atoms with Crippen LogP contribution < -0.4 is 11.2 Å². The molecule has 0 aliphatic carbocycles. The van der Waals surface area contributed by atoms with Crippen molar-refractivity contribution < 1.29 is 9.31 Å². The van der Waals surface area contributed by atoms with Crippen LogP contribution in [-0.2, 0) is 9.31 Å². The van der Waals surface area contributed by atoms with Crippen molar-refractivity contribution in [2.45, 2.75) is 38.9 Å². The number of hydrogen-bond acceptors (Lipinski definition) is 4. The molecule has 1 aromatic carbocycles. The highest BCUT2D eigenvalue weighted by Gasteiger charge is 2.52. The molecule has 0 bridgehead atoms. The number of fused-ring (bicyclic) bond motifs is 1. The average Bonchev–Trinajstić information content (AvgIpc) is 2.57. The highest BCUT2D eigenvalue weighted by atomic mass is 16.7. The van der Waals surface area contributed by atoms with E-state index < -0.39 is 0 Å². The maximum atomic E-state index is 6.11. The zero-order chi connectivity index (χ0) is 14.5. The summed E-state index contributed by atoms with van der Waals surface area (Å²) in [4.78, 5) is 4.18. The lowest BCUT2D eigenvalue weighted by atomic mass is 9.76. The van der Waals surface area contributed by atoms with E-state index in [0.29, 0.717) is 5.82 Å². The van der Waals surface area contributed by atoms with Gasteiger partial charge in [-0.05, 0) is 50.0 Å². The van der Waals surface area contributed by atoms with Crippen LogP contribution in [0.3, 0.4) is 0 Å². The van der Waals surface area contributed by atoms with Crippen molar-refractivity contribution in [3.05, 3.63) is 30.5 Å². The van der Waals surface area contributed by atoms with E-state index in [1.807, 2.05) is 52.0 Å². The Kier molecular flexibility index (Phi) is 2.82. The quantitative estimate of drug-likeness (QED) is 0.806. The highest BCUT2D eigenvalue weighted by molar-refractivity contribution is 6.65. The molecule has 2 aromatic rings. The van der Waals surface area contributed by atoms with E-state index in [1.54, 1.807) is 6.20 Å². The molecule has 2 heterocycles. The fourth-order valence-electron chi connectivity index (χ4n) is 2.39. The predicted octanol–water partition coefficient (Wildman–Crippen LogP) is 2.12. The SMILES string of the molecule is CC1(C)OB(c2cccc3cc(N)ncc23)OC1(C)C. The summed E-state index contributed by atoms with van der Waals surface area (Å²) in [5, 5.41) is 2.06. The lowest BCUT2D eigenvalue weighted by molar-refractivity contribution is 0.00578. The highest BCUT2D eigenvalue weighted by Crippen LogP contribution is 2.36. The van der Waals surface area contributed by atoms with Gasteiger partial charge in [0.2, 0.25) is 0 Å². The van der Waals surface area contributed by atoms with Crippen molar-refractivity contribution in [1.82, 2.24) is 4.98 Å². The summed E-state index contributed by atoms with van der Waals surface area (Å²) >= 11 is 0. The van der Waals surface area contributed by atoms with Crippen LogP contribution in [0.25, 0.3) is 10.8 Å². The molecule has 104 valence electrons. The zero-order valence-electron chi connectivity index (χ0n) is 12.3. The second-order valence-electron chi connectivity index (χ2n) is 6.27. The minimum Gasteiger partial charge on any atom is -0.399 e. The minimum absolute atomic E-state index is 0.346. The minimum atomic E-state index is -0.380. The van der Waals surface area contributed by atoms with Crippen LogP contribution >= 0.6 is 0 Å². The van der Waals surface area contributed by atoms with E-state index in [0.717, 1.165) is 16.2 Å². The molecule has 4 nitrogen and oxygen atoms in total. The van der Waals surface area contributed by atoms with Crippen molar-refractivity contribution in [3.8, 4) is 0 Å². The summed E-state index contributed by atoms with van der Waals surface area (Å²) in [6, 6.07) is 7.89. The smallest absolute Gasteiger partial charge is 0.399 e. The van der Waals surface area contributed by atoms with Gasteiger partial charge in [0.25, 0.3) is 0 Å². The number of benzene rings is 1. The Morgan fingerprint density at radius 1 is 1.10 bits per heavy atom. The van der Waals surface area contributed by atoms with E-state index in [9.17, 15) is 0 Å². The molecule has 0 saturated carbocycles. The molecular formula is C15H19BN2O2. The molecule has 0 unspecified atom stereocenters. The molecule has 5 heteroatoms. The third-order valence-corrected chi connectivity index (χ3v) is 4.33. The summed E-state index contributed by atoms with van der Waals surface area (Å²) in [6.07, 6.45) is 1.78. The fraction of sp³-hybridized carbons (Fsp3) is 0.400. The van der Waals surface area contributed by atoms with Crippen LogP contribution in [0, 0.1) is 0 Å². The van der Waals surface area contributed by atoms with Gasteiger partial charge in [-0.25, -0.2) is 4.98 Å². The number of rotatable bonds is 1. The Morgan fingerprint density at radius 3 is 2.40 bits per heavy atom. The Morgan fingerprint density at radius 2 is 1.75 bits per heavy atom. The van der Waals surface area contributed by atoms with Gasteiger partial charge in [-0.1, -0.05) is 18.2 Å². The van der Waals surface area contributed by atoms with Crippen molar-refractivity contribution in [2.75, 3.05) is 5.73 Å². The molecule has 1 aromatic heterocycles. The van der Waals surface area contributed by atoms with Crippen molar-refractivity contribution >= 4 is 29.2 Å². The molecule has 2 N–H and O–H groups in total. The van der Waals surface area contributed by atoms with Crippen molar-refractivity contribution in [1.29, 1.82) is 0 Å². The first-order valence-corrected chi connectivity index (χ1v) is 6.80. The summed E-state index contributed by atoms with van der Waals surface area (Å²) < 4.78 is 12.2. The molecule has 0 amide bonds. The molecule has 0 atom stereocenters. The van der Waals surface area contributed by atoms with E-state index in [1.165, 1.54) is 0 Å². The maximum Gasteiger partial charge on any atom is 0.495 e. The van der Waals surface area contributed by atoms with Gasteiger partial charge in [0, 0.05) is 6.20 Å². The molecule has 1 aliphatic heterocycles. The number of pyridine rings is 1. The van der Waals surface area contributed by atoms with Gasteiger partial charge < -0.3 is 15.0 Å². The fourth-order valence-corrected chi connectivity index (χ4v) is 2.39. The van der Waals surface area contributed by atoms with Crippen LogP contribution in [0.1, 0.15) is 27.7 Å². The maximum absolute atomic E-state index is 6.11. The molecule has 20 heavy (non-hydrogen) atoms. The Balaban J connectivity index is 2.08. The molecular weight excluding hydrogens is 251 g/mol. The van der Waals surface area contributed by atoms with Gasteiger partial charge in [0.15, 0.2) is 0 Å². The lowest BCUT2D eigenvalue weighted by Crippen LogP contribution is -2.41. The summed E-state index contributed by atoms with van der Waals surface area (Å²) in [5.74, 6) is 0.517. The first-order chi connectivity index (χ1) is 9.30. The second kappa shape index (κ2) is 4.20. The first-order valence-electron chi connectivity index (χ1n) is 6.80. The van der Waals surface area contributed by atoms with Crippen LogP contribution in [0.5, 0.6) is 0 Å². The van der Waals surface area contributed by atoms with E-state index in [2.05, 4.69) is 4.98 Å². The lowest BCUT2D eigenvalue weighted by Gasteiger charge is -2.32. The van der Waals surface area contributed by atoms with Crippen LogP contribution in [0.15, 0.2) is 30.5 Å². The van der Waals surface area contributed by atoms with E-state index >= 15 is 0 Å². The van der Waals surface area contributed by atoms with Crippen LogP contribution in [0.2, 0.25) is 0 Å². The zero-order valence-corrected chi connectivity index (χ0v) is 12.3. The summed E-state index contributed by atoms with van der Waals surface area (Å²) in [5.41, 5.74) is 6.04. The van der Waals surface area contributed by atoms with Gasteiger partial charge in [-0.2, -0.15) is 0 Å². The largest absolute Gasteiger partial charge is 0.495 e. The average molecular weight is 270 g/mol. The third-order valence-electron chi connectivity index (χ3n) is 4.33. The number of nitrogens with zero attached hydrogens (tertiary/aromatic N) is 1. The van der Waals surface area contributed by atoms with Gasteiger partial charge in [0.05, 0.1) is 11.2 Å². The topological polar surface area (TPSA) is 57.4 Å². The monoisotopic (exact) mass is 270 g/mol. The second-order valence-corrected chi connectivity index (χ2v) is 6.27. The van der Waals surface area contributed by atoms with Crippen molar-refractivity contribution in [3.63, 3.8) is 0 Å². The molecule has 0 spiro atoms. The molecule has 3 rings (SSSR count). The van der Waals surface area contributed by atoms with E-state index in [4.69, 9.17) is 15.0 Å². The number of hydrogen-bond donors (Lipinski definition) is 1. The Labute approximate surface area is 119 Å². The number of nitrogens with two attached hydrogens (primary N) is 1. The molecule has 1 aliphatic rings. The van der Waals surface area contributed by atoms with Gasteiger partial charge in [-0.15, -0.1) is 0 Å². The molecule has 0 radical (unpaired) electrons. The molecule has 1 fully saturated rings. The molecule has 1 saturated heterocycles. The van der Waals surface area contributed by atoms with Gasteiger partial charge >= 0.3 is 7.12 Å². The van der Waals surface area contributed by atoms with Gasteiger partial charge in [-0.3, -0.25) is 0 Å². The number of anilines is 1. The standard InChI is InChI=1S/C15H19BN2O2/c1-14(2)15(3,4)20-16(19-14)12-7-5-6-10-8-13(17)18-9-11(10)12/h5-9H,1-4H3,(H2,17,18). The Hall–Kier alpha value is -1.59. The van der Waals surface area contributed by atoms with Crippen LogP contribution in [0.4, 0.5) is 5.82 Å². The predicted molar refractivity (Wildman–Crippen MR) is 81.9 cm³/mol. The van der Waals surface area contributed by atoms with Gasteiger partial charge in [0.1, 0.15) is 5.82 Å². The summed E-state index contributed by atoms with van der Waals surface area (Å²) in [6.45, 7) is 8.20. The first kappa shape index (κ1) is 13.4. The number of nitrogen functional groups attached to an aromatic ring is 1. The van der Waals surface area contributed by atoms with Crippen molar-refractivity contribution in [2.24, 2.45) is 0 Å². The van der Waals surface area contributed by atoms with E-state index in [-0.39, 0.29) is 18.3 Å². The number of aromatic nitrogens is 1. The third kappa shape index (κ3) is 1.98. The van der Waals surface area contributed by atoms with Crippen LogP contribution in [-0.4, -0.2) is 23.3 Å². The normalized spacial score (nSPS) is 20.5. The Bertz CT molecular complexity index is 654.